The van der Waals surface area contributed by atoms with Crippen molar-refractivity contribution in [1.29, 1.82) is 0 Å². The van der Waals surface area contributed by atoms with Gasteiger partial charge in [-0.1, -0.05) is 27.5 Å². The Balaban J connectivity index is 3.19. The summed E-state index contributed by atoms with van der Waals surface area (Å²) in [4.78, 5) is 5.82. The Labute approximate surface area is 102 Å². The maximum atomic E-state index is 5.88. The summed E-state index contributed by atoms with van der Waals surface area (Å²) in [6.45, 7) is 0. The molecule has 0 aliphatic heterocycles. The van der Waals surface area contributed by atoms with E-state index in [9.17, 15) is 0 Å². The van der Waals surface area contributed by atoms with E-state index in [1.807, 2.05) is 0 Å². The van der Waals surface area contributed by atoms with Crippen LogP contribution in [0, 0.1) is 0 Å². The van der Waals surface area contributed by atoms with E-state index in [1.165, 1.54) is 0 Å². The van der Waals surface area contributed by atoms with Crippen molar-refractivity contribution in [2.75, 3.05) is 14.2 Å². The maximum Gasteiger partial charge on any atom is 0.233 e. The molecule has 0 saturated carbocycles. The molecular weight excluding hydrogens is 281 g/mol. The first-order chi connectivity index (χ1) is 7.18. The Morgan fingerprint density at radius 3 is 2.60 bits per heavy atom. The van der Waals surface area contributed by atoms with Crippen LogP contribution in [0.5, 0.6) is 0 Å². The van der Waals surface area contributed by atoms with Gasteiger partial charge in [-0.05, 0) is 23.2 Å². The predicted octanol–water partition coefficient (Wildman–Crippen LogP) is 3.09. The molecule has 0 spiro atoms. The fourth-order valence-electron chi connectivity index (χ4n) is 1.19. The van der Waals surface area contributed by atoms with Crippen molar-refractivity contribution in [3.63, 3.8) is 0 Å². The molecule has 1 aromatic heterocycles. The van der Waals surface area contributed by atoms with Crippen LogP contribution in [-0.2, 0) is 15.3 Å². The number of nitrogens with zero attached hydrogens (tertiary/aromatic N) is 1. The normalized spacial score (nSPS) is 12.3. The smallest absolute Gasteiger partial charge is 0.233 e. The van der Waals surface area contributed by atoms with Gasteiger partial charge in [0.15, 0.2) is 0 Å². The van der Waals surface area contributed by atoms with Gasteiger partial charge in [0.1, 0.15) is 5.69 Å². The molecule has 0 atom stereocenters. The van der Waals surface area contributed by atoms with Gasteiger partial charge in [0.25, 0.3) is 0 Å². The number of aromatic nitrogens is 1. The molecule has 0 amide bonds. The van der Waals surface area contributed by atoms with E-state index in [-0.39, 0.29) is 0 Å². The van der Waals surface area contributed by atoms with Crippen LogP contribution in [0.2, 0.25) is 5.02 Å². The lowest BCUT2D eigenvalue weighted by molar-refractivity contribution is -0.180. The summed E-state index contributed by atoms with van der Waals surface area (Å²) in [5.41, 5.74) is 0.593. The van der Waals surface area contributed by atoms with E-state index in [4.69, 9.17) is 21.1 Å². The Hall–Kier alpha value is -0.420. The summed E-state index contributed by atoms with van der Waals surface area (Å²) >= 11 is 9.06. The SMILES string of the molecule is COC(C=CBr)(OC)c1cc(Cl)ccn1. The highest BCUT2D eigenvalue weighted by Gasteiger charge is 2.30. The van der Waals surface area contributed by atoms with E-state index in [1.54, 1.807) is 43.6 Å². The molecule has 5 heteroatoms. The first-order valence-electron chi connectivity index (χ1n) is 4.19. The van der Waals surface area contributed by atoms with Crippen molar-refractivity contribution in [3.8, 4) is 0 Å². The second-order valence-electron chi connectivity index (χ2n) is 2.73. The molecule has 0 fully saturated rings. The van der Waals surface area contributed by atoms with Gasteiger partial charge in [0, 0.05) is 25.4 Å². The van der Waals surface area contributed by atoms with Crippen LogP contribution in [0.3, 0.4) is 0 Å². The second kappa shape index (κ2) is 5.61. The molecule has 1 aromatic rings. The van der Waals surface area contributed by atoms with Crippen molar-refractivity contribution in [2.24, 2.45) is 0 Å². The Morgan fingerprint density at radius 2 is 2.13 bits per heavy atom. The molecule has 3 nitrogen and oxygen atoms in total. The van der Waals surface area contributed by atoms with Crippen LogP contribution in [-0.4, -0.2) is 19.2 Å². The fraction of sp³-hybridized carbons (Fsp3) is 0.300. The van der Waals surface area contributed by atoms with Crippen molar-refractivity contribution >= 4 is 27.5 Å². The van der Waals surface area contributed by atoms with Gasteiger partial charge in [-0.25, -0.2) is 0 Å². The van der Waals surface area contributed by atoms with E-state index in [0.29, 0.717) is 10.7 Å². The Bertz CT molecular complexity index is 353. The Kier molecular flexibility index (Phi) is 4.73. The maximum absolute atomic E-state index is 5.88. The predicted molar refractivity (Wildman–Crippen MR) is 63.0 cm³/mol. The van der Waals surface area contributed by atoms with Crippen molar-refractivity contribution < 1.29 is 9.47 Å². The van der Waals surface area contributed by atoms with Crippen LogP contribution < -0.4 is 0 Å². The highest BCUT2D eigenvalue weighted by atomic mass is 79.9. The summed E-state index contributed by atoms with van der Waals surface area (Å²) in [6, 6.07) is 3.39. The molecule has 0 unspecified atom stereocenters. The summed E-state index contributed by atoms with van der Waals surface area (Å²) < 4.78 is 10.6. The van der Waals surface area contributed by atoms with Gasteiger partial charge in [0.2, 0.25) is 5.79 Å². The minimum atomic E-state index is -1.01. The molecule has 1 heterocycles. The summed E-state index contributed by atoms with van der Waals surface area (Å²) in [7, 11) is 3.08. The lowest BCUT2D eigenvalue weighted by Gasteiger charge is -2.26. The van der Waals surface area contributed by atoms with Crippen molar-refractivity contribution in [2.45, 2.75) is 5.79 Å². The zero-order chi connectivity index (χ0) is 11.3. The molecule has 0 aromatic carbocycles. The molecular formula is C10H11BrClNO2. The molecule has 0 saturated heterocycles. The summed E-state index contributed by atoms with van der Waals surface area (Å²) in [5, 5.41) is 0.585. The van der Waals surface area contributed by atoms with Gasteiger partial charge in [0.05, 0.1) is 0 Å². The Morgan fingerprint density at radius 1 is 1.47 bits per heavy atom. The van der Waals surface area contributed by atoms with Crippen molar-refractivity contribution in [1.82, 2.24) is 4.98 Å². The minimum Gasteiger partial charge on any atom is -0.345 e. The number of pyridine rings is 1. The molecule has 0 aliphatic carbocycles. The number of ether oxygens (including phenoxy) is 2. The third-order valence-electron chi connectivity index (χ3n) is 1.97. The van der Waals surface area contributed by atoms with Crippen LogP contribution in [0.1, 0.15) is 5.69 Å². The third kappa shape index (κ3) is 2.78. The minimum absolute atomic E-state index is 0.585. The average Bonchev–Trinajstić information content (AvgIpc) is 2.26. The van der Waals surface area contributed by atoms with E-state index in [0.717, 1.165) is 0 Å². The van der Waals surface area contributed by atoms with Crippen LogP contribution in [0.25, 0.3) is 0 Å². The first kappa shape index (κ1) is 12.6. The molecule has 0 radical (unpaired) electrons. The van der Waals surface area contributed by atoms with Gasteiger partial charge >= 0.3 is 0 Å². The molecule has 82 valence electrons. The summed E-state index contributed by atoms with van der Waals surface area (Å²) in [5.74, 6) is -1.01. The number of hydrogen-bond donors (Lipinski definition) is 0. The number of halogens is 2. The van der Waals surface area contributed by atoms with Crippen LogP contribution in [0.15, 0.2) is 29.4 Å². The van der Waals surface area contributed by atoms with Gasteiger partial charge in [-0.3, -0.25) is 4.98 Å². The molecule has 15 heavy (non-hydrogen) atoms. The van der Waals surface area contributed by atoms with E-state index < -0.39 is 5.79 Å². The molecule has 0 bridgehead atoms. The topological polar surface area (TPSA) is 31.4 Å². The van der Waals surface area contributed by atoms with Gasteiger partial charge in [-0.15, -0.1) is 0 Å². The third-order valence-corrected chi connectivity index (χ3v) is 2.47. The van der Waals surface area contributed by atoms with Crippen LogP contribution in [0.4, 0.5) is 0 Å². The number of hydrogen-bond acceptors (Lipinski definition) is 3. The molecule has 0 aliphatic rings. The lowest BCUT2D eigenvalue weighted by atomic mass is 10.1. The highest BCUT2D eigenvalue weighted by Crippen LogP contribution is 2.28. The highest BCUT2D eigenvalue weighted by molar-refractivity contribution is 9.11. The lowest BCUT2D eigenvalue weighted by Crippen LogP contribution is -2.29. The standard InChI is InChI=1S/C10H11BrClNO2/c1-14-10(15-2,4-5-11)9-7-8(12)3-6-13-9/h3-7H,1-2H3. The van der Waals surface area contributed by atoms with E-state index >= 15 is 0 Å². The van der Waals surface area contributed by atoms with Gasteiger partial charge in [-0.2, -0.15) is 0 Å². The van der Waals surface area contributed by atoms with Crippen molar-refractivity contribution in [3.05, 3.63) is 40.1 Å². The largest absolute Gasteiger partial charge is 0.345 e. The fourth-order valence-corrected chi connectivity index (χ4v) is 1.70. The van der Waals surface area contributed by atoms with E-state index in [2.05, 4.69) is 20.9 Å². The first-order valence-corrected chi connectivity index (χ1v) is 5.48. The number of methoxy groups -OCH3 is 2. The monoisotopic (exact) mass is 291 g/mol. The van der Waals surface area contributed by atoms with Gasteiger partial charge < -0.3 is 9.47 Å². The average molecular weight is 293 g/mol. The molecule has 1 rings (SSSR count). The second-order valence-corrected chi connectivity index (χ2v) is 3.69. The van der Waals surface area contributed by atoms with Crippen LogP contribution >= 0.6 is 27.5 Å². The summed E-state index contributed by atoms with van der Waals surface area (Å²) in [6.07, 6.45) is 3.30. The zero-order valence-electron chi connectivity index (χ0n) is 8.41. The molecule has 0 N–H and O–H groups in total. The number of rotatable bonds is 4. The quantitative estimate of drug-likeness (QED) is 0.799. The zero-order valence-corrected chi connectivity index (χ0v) is 10.7.